The predicted molar refractivity (Wildman–Crippen MR) is 125 cm³/mol. The Morgan fingerprint density at radius 3 is 2.74 bits per heavy atom. The highest BCUT2D eigenvalue weighted by atomic mass is 35.5. The molecule has 0 saturated heterocycles. The number of hydrogen-bond acceptors (Lipinski definition) is 6. The van der Waals surface area contributed by atoms with Crippen molar-refractivity contribution in [1.82, 2.24) is 14.5 Å². The molecule has 1 N–H and O–H groups in total. The number of benzene rings is 1. The van der Waals surface area contributed by atoms with E-state index in [1.54, 1.807) is 37.6 Å². The van der Waals surface area contributed by atoms with E-state index >= 15 is 0 Å². The van der Waals surface area contributed by atoms with Gasteiger partial charge in [0.25, 0.3) is 11.5 Å². The largest absolute Gasteiger partial charge is 0.345 e. The van der Waals surface area contributed by atoms with Gasteiger partial charge in [-0.2, -0.15) is 0 Å². The van der Waals surface area contributed by atoms with Crippen molar-refractivity contribution in [2.24, 2.45) is 0 Å². The van der Waals surface area contributed by atoms with Crippen molar-refractivity contribution in [3.63, 3.8) is 0 Å². The maximum atomic E-state index is 13.0. The number of nitrogens with one attached hydrogen (secondary N) is 1. The topological polar surface area (TPSA) is 84.3 Å². The first-order valence-electron chi connectivity index (χ1n) is 9.16. The monoisotopic (exact) mass is 472 g/mol. The number of aromatic nitrogens is 2. The minimum Gasteiger partial charge on any atom is -0.345 e. The summed E-state index contributed by atoms with van der Waals surface area (Å²) >= 11 is 9.05. The van der Waals surface area contributed by atoms with Crippen molar-refractivity contribution in [2.75, 3.05) is 19.4 Å². The summed E-state index contributed by atoms with van der Waals surface area (Å²) in [5.41, 5.74) is 1.25. The van der Waals surface area contributed by atoms with Crippen LogP contribution < -0.4 is 10.9 Å². The number of carbonyl (C=O) groups excluding carboxylic acids is 2. The van der Waals surface area contributed by atoms with Gasteiger partial charge in [0.1, 0.15) is 11.4 Å². The molecule has 0 unspecified atom stereocenters. The minimum absolute atomic E-state index is 0.207. The van der Waals surface area contributed by atoms with Gasteiger partial charge in [0.15, 0.2) is 0 Å². The number of amides is 2. The van der Waals surface area contributed by atoms with Gasteiger partial charge in [-0.05, 0) is 29.6 Å². The van der Waals surface area contributed by atoms with Gasteiger partial charge in [-0.1, -0.05) is 17.7 Å². The molecule has 10 heteroatoms. The van der Waals surface area contributed by atoms with Crippen LogP contribution >= 0.6 is 34.3 Å². The SMILES string of the molecule is CN(C)C(=O)c1cc(NC(=O)Cn2cnc3scc(-c4cccs4)c3c2=O)ccc1Cl. The second-order valence-electron chi connectivity index (χ2n) is 6.93. The second kappa shape index (κ2) is 8.62. The third-order valence-corrected chi connectivity index (χ3v) is 6.67. The van der Waals surface area contributed by atoms with Crippen LogP contribution in [-0.2, 0) is 11.3 Å². The van der Waals surface area contributed by atoms with Crippen molar-refractivity contribution >= 4 is 62.0 Å². The Morgan fingerprint density at radius 1 is 1.23 bits per heavy atom. The maximum Gasteiger partial charge on any atom is 0.263 e. The lowest BCUT2D eigenvalue weighted by atomic mass is 10.1. The van der Waals surface area contributed by atoms with E-state index < -0.39 is 5.91 Å². The molecular weight excluding hydrogens is 456 g/mol. The molecule has 4 rings (SSSR count). The minimum atomic E-state index is -0.415. The number of nitrogens with zero attached hydrogens (tertiary/aromatic N) is 3. The molecule has 0 spiro atoms. The summed E-state index contributed by atoms with van der Waals surface area (Å²) < 4.78 is 1.28. The van der Waals surface area contributed by atoms with Gasteiger partial charge in [-0.25, -0.2) is 4.98 Å². The normalized spacial score (nSPS) is 10.9. The lowest BCUT2D eigenvalue weighted by Crippen LogP contribution is -2.28. The van der Waals surface area contributed by atoms with Crippen LogP contribution in [0.2, 0.25) is 5.02 Å². The van der Waals surface area contributed by atoms with Crippen LogP contribution in [0, 0.1) is 0 Å². The molecule has 158 valence electrons. The molecule has 0 saturated carbocycles. The molecule has 4 aromatic rings. The summed E-state index contributed by atoms with van der Waals surface area (Å²) in [6.07, 6.45) is 1.38. The van der Waals surface area contributed by atoms with Crippen LogP contribution in [0.15, 0.2) is 52.2 Å². The Bertz CT molecular complexity index is 1340. The molecule has 0 bridgehead atoms. The summed E-state index contributed by atoms with van der Waals surface area (Å²) in [6.45, 7) is -0.207. The fraction of sp³-hybridized carbons (Fsp3) is 0.143. The molecule has 0 atom stereocenters. The van der Waals surface area contributed by atoms with Crippen molar-refractivity contribution in [2.45, 2.75) is 6.54 Å². The maximum absolute atomic E-state index is 13.0. The number of thiophene rings is 2. The number of rotatable bonds is 5. The van der Waals surface area contributed by atoms with Gasteiger partial charge in [0.2, 0.25) is 5.91 Å². The number of fused-ring (bicyclic) bond motifs is 1. The molecule has 0 aliphatic carbocycles. The molecule has 7 nitrogen and oxygen atoms in total. The lowest BCUT2D eigenvalue weighted by molar-refractivity contribution is -0.116. The van der Waals surface area contributed by atoms with Crippen LogP contribution in [0.5, 0.6) is 0 Å². The van der Waals surface area contributed by atoms with Crippen LogP contribution in [0.4, 0.5) is 5.69 Å². The summed E-state index contributed by atoms with van der Waals surface area (Å²) in [4.78, 5) is 45.2. The molecule has 0 aliphatic rings. The molecule has 3 aromatic heterocycles. The van der Waals surface area contributed by atoms with E-state index in [-0.39, 0.29) is 23.6 Å². The summed E-state index contributed by atoms with van der Waals surface area (Å²) in [6, 6.07) is 8.54. The highest BCUT2D eigenvalue weighted by Gasteiger charge is 2.17. The quantitative estimate of drug-likeness (QED) is 0.472. The third kappa shape index (κ3) is 4.25. The average Bonchev–Trinajstić information content (AvgIpc) is 3.40. The Labute approximate surface area is 190 Å². The molecule has 1 aromatic carbocycles. The Balaban J connectivity index is 1.59. The van der Waals surface area contributed by atoms with Gasteiger partial charge >= 0.3 is 0 Å². The highest BCUT2D eigenvalue weighted by molar-refractivity contribution is 7.18. The summed E-state index contributed by atoms with van der Waals surface area (Å²) in [7, 11) is 3.24. The number of anilines is 1. The van der Waals surface area contributed by atoms with E-state index in [0.29, 0.717) is 20.9 Å². The Morgan fingerprint density at radius 2 is 2.03 bits per heavy atom. The van der Waals surface area contributed by atoms with Crippen LogP contribution in [0.25, 0.3) is 20.7 Å². The van der Waals surface area contributed by atoms with Crippen LogP contribution in [-0.4, -0.2) is 40.4 Å². The standard InChI is InChI=1S/C21H17ClN4O3S2/c1-25(2)20(28)13-8-12(5-6-15(13)22)24-17(27)9-26-11-23-19-18(21(26)29)14(10-31-19)16-4-3-7-30-16/h3-8,10-11H,9H2,1-2H3,(H,24,27). The molecule has 0 radical (unpaired) electrons. The zero-order valence-electron chi connectivity index (χ0n) is 16.6. The zero-order valence-corrected chi connectivity index (χ0v) is 19.0. The molecule has 31 heavy (non-hydrogen) atoms. The first-order chi connectivity index (χ1) is 14.8. The van der Waals surface area contributed by atoms with E-state index in [4.69, 9.17) is 11.6 Å². The van der Waals surface area contributed by atoms with Crippen molar-refractivity contribution in [1.29, 1.82) is 0 Å². The van der Waals surface area contributed by atoms with Crippen molar-refractivity contribution in [3.8, 4) is 10.4 Å². The van der Waals surface area contributed by atoms with Gasteiger partial charge < -0.3 is 10.2 Å². The molecule has 2 amide bonds. The summed E-state index contributed by atoms with van der Waals surface area (Å²) in [5, 5.41) is 7.37. The van der Waals surface area contributed by atoms with E-state index in [0.717, 1.165) is 10.4 Å². The molecule has 0 fully saturated rings. The Kier molecular flexibility index (Phi) is 5.90. The fourth-order valence-corrected chi connectivity index (χ4v) is 4.98. The smallest absolute Gasteiger partial charge is 0.263 e. The first kappa shape index (κ1) is 21.2. The van der Waals surface area contributed by atoms with Gasteiger partial charge in [-0.3, -0.25) is 19.0 Å². The highest BCUT2D eigenvalue weighted by Crippen LogP contribution is 2.33. The molecule has 0 aliphatic heterocycles. The van der Waals surface area contributed by atoms with Crippen LogP contribution in [0.3, 0.4) is 0 Å². The molecular formula is C21H17ClN4O3S2. The van der Waals surface area contributed by atoms with E-state index in [9.17, 15) is 14.4 Å². The number of carbonyl (C=O) groups is 2. The van der Waals surface area contributed by atoms with E-state index in [2.05, 4.69) is 10.3 Å². The van der Waals surface area contributed by atoms with Gasteiger partial charge in [-0.15, -0.1) is 22.7 Å². The van der Waals surface area contributed by atoms with Crippen molar-refractivity contribution < 1.29 is 9.59 Å². The van der Waals surface area contributed by atoms with Crippen LogP contribution in [0.1, 0.15) is 10.4 Å². The van der Waals surface area contributed by atoms with E-state index in [1.807, 2.05) is 22.9 Å². The van der Waals surface area contributed by atoms with Gasteiger partial charge in [0, 0.05) is 35.6 Å². The lowest BCUT2D eigenvalue weighted by Gasteiger charge is -2.13. The number of halogens is 1. The van der Waals surface area contributed by atoms with E-state index in [1.165, 1.54) is 33.2 Å². The zero-order chi connectivity index (χ0) is 22.1. The Hall–Kier alpha value is -3.01. The first-order valence-corrected chi connectivity index (χ1v) is 11.3. The average molecular weight is 473 g/mol. The van der Waals surface area contributed by atoms with Crippen molar-refractivity contribution in [3.05, 3.63) is 68.4 Å². The fourth-order valence-electron chi connectivity index (χ4n) is 3.06. The van der Waals surface area contributed by atoms with Gasteiger partial charge in [0.05, 0.1) is 22.3 Å². The second-order valence-corrected chi connectivity index (χ2v) is 9.14. The summed E-state index contributed by atoms with van der Waals surface area (Å²) in [5.74, 6) is -0.688. The number of hydrogen-bond donors (Lipinski definition) is 1. The third-order valence-electron chi connectivity index (χ3n) is 4.55. The predicted octanol–water partition coefficient (Wildman–Crippen LogP) is 4.18. The molecule has 3 heterocycles.